The summed E-state index contributed by atoms with van der Waals surface area (Å²) in [6.45, 7) is 0.591. The fourth-order valence-electron chi connectivity index (χ4n) is 3.22. The third kappa shape index (κ3) is 2.83. The van der Waals surface area contributed by atoms with E-state index in [1.807, 2.05) is 0 Å². The van der Waals surface area contributed by atoms with E-state index >= 15 is 0 Å². The summed E-state index contributed by atoms with van der Waals surface area (Å²) < 4.78 is 14.1. The zero-order valence-corrected chi connectivity index (χ0v) is 14.2. The standard InChI is InChI=1S/C19H16BrFN2/c20-13-6-9-17-16(10-13)15-2-1-3-18(19(15)23-17)22-11-12-4-7-14(21)8-5-12/h4-10,23H,1-3,11H2/b22-18+. The fraction of sp³-hybridized carbons (Fsp3) is 0.211. The largest absolute Gasteiger partial charge is 0.353 e. The van der Waals surface area contributed by atoms with Gasteiger partial charge in [-0.1, -0.05) is 28.1 Å². The van der Waals surface area contributed by atoms with E-state index in [2.05, 4.69) is 39.1 Å². The summed E-state index contributed by atoms with van der Waals surface area (Å²) in [6, 6.07) is 12.9. The van der Waals surface area contributed by atoms with Crippen LogP contribution in [-0.4, -0.2) is 10.7 Å². The summed E-state index contributed by atoms with van der Waals surface area (Å²) in [5.74, 6) is -0.206. The lowest BCUT2D eigenvalue weighted by Crippen LogP contribution is -2.11. The maximum absolute atomic E-state index is 13.0. The second-order valence-electron chi connectivity index (χ2n) is 5.91. The van der Waals surface area contributed by atoms with Crippen molar-refractivity contribution >= 4 is 32.5 Å². The van der Waals surface area contributed by atoms with Crippen LogP contribution >= 0.6 is 15.9 Å². The van der Waals surface area contributed by atoms with Crippen LogP contribution in [0.1, 0.15) is 29.7 Å². The molecule has 4 heteroatoms. The van der Waals surface area contributed by atoms with Gasteiger partial charge >= 0.3 is 0 Å². The maximum atomic E-state index is 13.0. The molecule has 0 saturated heterocycles. The molecule has 4 rings (SSSR count). The van der Waals surface area contributed by atoms with Gasteiger partial charge in [0.1, 0.15) is 5.82 Å². The van der Waals surface area contributed by atoms with Gasteiger partial charge in [-0.2, -0.15) is 0 Å². The Hall–Kier alpha value is -1.94. The van der Waals surface area contributed by atoms with E-state index in [-0.39, 0.29) is 5.82 Å². The summed E-state index contributed by atoms with van der Waals surface area (Å²) in [7, 11) is 0. The molecule has 0 amide bonds. The lowest BCUT2D eigenvalue weighted by molar-refractivity contribution is 0.627. The first-order valence-electron chi connectivity index (χ1n) is 7.79. The van der Waals surface area contributed by atoms with Crippen molar-refractivity contribution in [2.45, 2.75) is 25.8 Å². The quantitative estimate of drug-likeness (QED) is 0.625. The number of H-pyrrole nitrogens is 1. The predicted molar refractivity (Wildman–Crippen MR) is 95.6 cm³/mol. The highest BCUT2D eigenvalue weighted by molar-refractivity contribution is 9.10. The van der Waals surface area contributed by atoms with Gasteiger partial charge in [0.15, 0.2) is 0 Å². The molecular weight excluding hydrogens is 355 g/mol. The van der Waals surface area contributed by atoms with Crippen LogP contribution in [0.4, 0.5) is 4.39 Å². The maximum Gasteiger partial charge on any atom is 0.123 e. The van der Waals surface area contributed by atoms with Gasteiger partial charge in [0.25, 0.3) is 0 Å². The molecule has 1 aromatic heterocycles. The molecule has 1 N–H and O–H groups in total. The van der Waals surface area contributed by atoms with Crippen molar-refractivity contribution in [1.29, 1.82) is 0 Å². The first kappa shape index (κ1) is 14.6. The van der Waals surface area contributed by atoms with Gasteiger partial charge in [0.2, 0.25) is 0 Å². The third-order valence-electron chi connectivity index (χ3n) is 4.36. The van der Waals surface area contributed by atoms with Crippen LogP contribution in [0.15, 0.2) is 51.9 Å². The number of aryl methyl sites for hydroxylation is 1. The number of aromatic nitrogens is 1. The van der Waals surface area contributed by atoms with E-state index in [0.717, 1.165) is 40.5 Å². The van der Waals surface area contributed by atoms with Crippen LogP contribution in [0.2, 0.25) is 0 Å². The van der Waals surface area contributed by atoms with Crippen LogP contribution in [0.5, 0.6) is 0 Å². The minimum Gasteiger partial charge on any atom is -0.353 e. The Kier molecular flexibility index (Phi) is 3.77. The van der Waals surface area contributed by atoms with Crippen molar-refractivity contribution < 1.29 is 4.39 Å². The van der Waals surface area contributed by atoms with Crippen LogP contribution in [-0.2, 0) is 13.0 Å². The molecule has 1 aliphatic rings. The van der Waals surface area contributed by atoms with Gasteiger partial charge in [-0.25, -0.2) is 4.39 Å². The zero-order valence-electron chi connectivity index (χ0n) is 12.6. The Labute approximate surface area is 142 Å². The Balaban J connectivity index is 1.71. The van der Waals surface area contributed by atoms with Gasteiger partial charge in [0, 0.05) is 15.4 Å². The number of rotatable bonds is 2. The first-order chi connectivity index (χ1) is 11.2. The van der Waals surface area contributed by atoms with E-state index in [0.29, 0.717) is 6.54 Å². The van der Waals surface area contributed by atoms with Crippen molar-refractivity contribution in [3.63, 3.8) is 0 Å². The number of benzene rings is 2. The average molecular weight is 371 g/mol. The molecule has 0 unspecified atom stereocenters. The summed E-state index contributed by atoms with van der Waals surface area (Å²) >= 11 is 3.55. The van der Waals surface area contributed by atoms with E-state index in [1.165, 1.54) is 28.8 Å². The van der Waals surface area contributed by atoms with Crippen molar-refractivity contribution in [1.82, 2.24) is 4.98 Å². The zero-order chi connectivity index (χ0) is 15.8. The van der Waals surface area contributed by atoms with E-state index in [4.69, 9.17) is 4.99 Å². The molecule has 2 nitrogen and oxygen atoms in total. The van der Waals surface area contributed by atoms with Gasteiger partial charge in [-0.05, 0) is 60.7 Å². The number of aromatic amines is 1. The molecule has 0 aliphatic heterocycles. The smallest absolute Gasteiger partial charge is 0.123 e. The normalized spacial score (nSPS) is 16.0. The lowest BCUT2D eigenvalue weighted by atomic mass is 9.94. The van der Waals surface area contributed by atoms with E-state index in [1.54, 1.807) is 12.1 Å². The second-order valence-corrected chi connectivity index (χ2v) is 6.83. The number of nitrogens with zero attached hydrogens (tertiary/aromatic N) is 1. The monoisotopic (exact) mass is 370 g/mol. The first-order valence-corrected chi connectivity index (χ1v) is 8.58. The molecule has 0 fully saturated rings. The molecule has 0 bridgehead atoms. The summed E-state index contributed by atoms with van der Waals surface area (Å²) in [5.41, 5.74) is 5.86. The number of halogens is 2. The Morgan fingerprint density at radius 2 is 1.91 bits per heavy atom. The fourth-order valence-corrected chi connectivity index (χ4v) is 3.58. The van der Waals surface area contributed by atoms with Crippen molar-refractivity contribution in [3.8, 4) is 0 Å². The number of hydrogen-bond donors (Lipinski definition) is 1. The molecule has 0 saturated carbocycles. The minimum absolute atomic E-state index is 0.206. The number of hydrogen-bond acceptors (Lipinski definition) is 1. The molecule has 1 heterocycles. The lowest BCUT2D eigenvalue weighted by Gasteiger charge is -2.14. The van der Waals surface area contributed by atoms with Crippen molar-refractivity contribution in [2.24, 2.45) is 4.99 Å². The van der Waals surface area contributed by atoms with E-state index in [9.17, 15) is 4.39 Å². The molecule has 0 atom stereocenters. The predicted octanol–water partition coefficient (Wildman–Crippen LogP) is 5.40. The third-order valence-corrected chi connectivity index (χ3v) is 4.86. The molecule has 1 aliphatic carbocycles. The SMILES string of the molecule is Fc1ccc(C/N=C2\CCCc3c2[nH]c2ccc(Br)cc32)cc1. The molecule has 116 valence electrons. The number of fused-ring (bicyclic) bond motifs is 3. The molecule has 23 heavy (non-hydrogen) atoms. The van der Waals surface area contributed by atoms with Crippen LogP contribution in [0.3, 0.4) is 0 Å². The van der Waals surface area contributed by atoms with Crippen LogP contribution < -0.4 is 0 Å². The second kappa shape index (κ2) is 5.93. The van der Waals surface area contributed by atoms with E-state index < -0.39 is 0 Å². The Bertz CT molecular complexity index is 894. The molecular formula is C19H16BrFN2. The number of nitrogens with one attached hydrogen (secondary N) is 1. The summed E-state index contributed by atoms with van der Waals surface area (Å²) in [6.07, 6.45) is 3.19. The van der Waals surface area contributed by atoms with Crippen molar-refractivity contribution in [3.05, 3.63) is 69.6 Å². The topological polar surface area (TPSA) is 28.1 Å². The molecule has 3 aromatic rings. The molecule has 2 aromatic carbocycles. The molecule has 0 spiro atoms. The highest BCUT2D eigenvalue weighted by Gasteiger charge is 2.20. The summed E-state index contributed by atoms with van der Waals surface area (Å²) in [4.78, 5) is 8.32. The minimum atomic E-state index is -0.206. The van der Waals surface area contributed by atoms with Crippen molar-refractivity contribution in [2.75, 3.05) is 0 Å². The molecule has 0 radical (unpaired) electrons. The Morgan fingerprint density at radius 1 is 1.09 bits per heavy atom. The van der Waals surface area contributed by atoms with Crippen LogP contribution in [0, 0.1) is 5.82 Å². The average Bonchev–Trinajstić information content (AvgIpc) is 2.93. The van der Waals surface area contributed by atoms with Gasteiger partial charge in [-0.15, -0.1) is 0 Å². The van der Waals surface area contributed by atoms with Gasteiger partial charge in [-0.3, -0.25) is 4.99 Å². The summed E-state index contributed by atoms with van der Waals surface area (Å²) in [5, 5.41) is 1.28. The number of aliphatic imine (C=N–C) groups is 1. The van der Waals surface area contributed by atoms with Gasteiger partial charge in [0.05, 0.1) is 18.0 Å². The Morgan fingerprint density at radius 3 is 2.74 bits per heavy atom. The van der Waals surface area contributed by atoms with Crippen LogP contribution in [0.25, 0.3) is 10.9 Å². The highest BCUT2D eigenvalue weighted by Crippen LogP contribution is 2.31. The van der Waals surface area contributed by atoms with Gasteiger partial charge < -0.3 is 4.98 Å². The highest BCUT2D eigenvalue weighted by atomic mass is 79.9.